The Morgan fingerprint density at radius 2 is 2.11 bits per heavy atom. The van der Waals surface area contributed by atoms with Crippen LogP contribution in [0.5, 0.6) is 0 Å². The maximum absolute atomic E-state index is 5.65. The third-order valence-corrected chi connectivity index (χ3v) is 2.79. The van der Waals surface area contributed by atoms with E-state index >= 15 is 0 Å². The van der Waals surface area contributed by atoms with Gasteiger partial charge in [0.05, 0.1) is 18.9 Å². The van der Waals surface area contributed by atoms with E-state index in [-0.39, 0.29) is 6.10 Å². The summed E-state index contributed by atoms with van der Waals surface area (Å²) >= 11 is 0. The minimum atomic E-state index is 0.264. The van der Waals surface area contributed by atoms with E-state index in [2.05, 4.69) is 17.3 Å². The molecule has 1 aliphatic rings. The summed E-state index contributed by atoms with van der Waals surface area (Å²) in [4.78, 5) is 5.15. The first-order valence-electron chi connectivity index (χ1n) is 6.44. The molecule has 0 heterocycles. The molecule has 1 atom stereocenters. The van der Waals surface area contributed by atoms with E-state index in [4.69, 9.17) is 9.57 Å². The van der Waals surface area contributed by atoms with Crippen molar-refractivity contribution >= 4 is 6.21 Å². The average Bonchev–Trinajstić information content (AvgIpc) is 2.45. The quantitative estimate of drug-likeness (QED) is 0.333. The van der Waals surface area contributed by atoms with Gasteiger partial charge in [-0.3, -0.25) is 0 Å². The fourth-order valence-electron chi connectivity index (χ4n) is 1.85. The highest BCUT2D eigenvalue weighted by molar-refractivity contribution is 5.78. The third-order valence-electron chi connectivity index (χ3n) is 2.79. The Labute approximate surface area is 108 Å². The second-order valence-electron chi connectivity index (χ2n) is 4.25. The van der Waals surface area contributed by atoms with Crippen molar-refractivity contribution in [1.29, 1.82) is 0 Å². The van der Waals surface area contributed by atoms with Crippen LogP contribution in [0.3, 0.4) is 0 Å². The van der Waals surface area contributed by atoms with Gasteiger partial charge in [-0.2, -0.15) is 0 Å². The standard InChI is InChI=1S/C15H19NO2/c1-3-7-14(8-4-1)13-16-18-12-11-17-15-9-5-2-6-10-15/h1,3-5,7-9,13,15H,2,6,10-12H2/b16-13+. The van der Waals surface area contributed by atoms with Crippen molar-refractivity contribution in [3.8, 4) is 0 Å². The van der Waals surface area contributed by atoms with Gasteiger partial charge in [-0.05, 0) is 24.8 Å². The van der Waals surface area contributed by atoms with Gasteiger partial charge in [0, 0.05) is 0 Å². The summed E-state index contributed by atoms with van der Waals surface area (Å²) in [6, 6.07) is 9.88. The summed E-state index contributed by atoms with van der Waals surface area (Å²) in [6.07, 6.45) is 9.80. The molecule has 2 rings (SSSR count). The summed E-state index contributed by atoms with van der Waals surface area (Å²) in [5.41, 5.74) is 1.04. The Morgan fingerprint density at radius 1 is 1.22 bits per heavy atom. The van der Waals surface area contributed by atoms with E-state index in [0.717, 1.165) is 12.0 Å². The van der Waals surface area contributed by atoms with Gasteiger partial charge in [0.1, 0.15) is 6.61 Å². The number of hydrogen-bond acceptors (Lipinski definition) is 3. The summed E-state index contributed by atoms with van der Waals surface area (Å²) in [7, 11) is 0. The molecule has 0 amide bonds. The van der Waals surface area contributed by atoms with Gasteiger partial charge in [0.2, 0.25) is 0 Å². The molecule has 1 aromatic rings. The summed E-state index contributed by atoms with van der Waals surface area (Å²) < 4.78 is 5.65. The SMILES string of the molecule is C1=CC(OCCO/N=C/c2ccccc2)CCC1. The summed E-state index contributed by atoms with van der Waals surface area (Å²) in [6.45, 7) is 1.08. The molecule has 18 heavy (non-hydrogen) atoms. The van der Waals surface area contributed by atoms with Gasteiger partial charge >= 0.3 is 0 Å². The first-order valence-corrected chi connectivity index (χ1v) is 6.44. The van der Waals surface area contributed by atoms with E-state index in [9.17, 15) is 0 Å². The van der Waals surface area contributed by atoms with Gasteiger partial charge in [-0.15, -0.1) is 0 Å². The molecule has 1 unspecified atom stereocenters. The molecular formula is C15H19NO2. The predicted octanol–water partition coefficient (Wildman–Crippen LogP) is 3.16. The fraction of sp³-hybridized carbons (Fsp3) is 0.400. The van der Waals surface area contributed by atoms with Crippen LogP contribution in [-0.4, -0.2) is 25.5 Å². The molecule has 0 saturated carbocycles. The molecule has 0 aromatic heterocycles. The van der Waals surface area contributed by atoms with Crippen molar-refractivity contribution < 1.29 is 9.57 Å². The summed E-state index contributed by atoms with van der Waals surface area (Å²) in [5.74, 6) is 0. The molecule has 1 aromatic carbocycles. The van der Waals surface area contributed by atoms with Crippen LogP contribution in [0.25, 0.3) is 0 Å². The number of ether oxygens (including phenoxy) is 1. The van der Waals surface area contributed by atoms with Crippen molar-refractivity contribution in [2.75, 3.05) is 13.2 Å². The zero-order valence-corrected chi connectivity index (χ0v) is 10.5. The zero-order valence-electron chi connectivity index (χ0n) is 10.5. The summed E-state index contributed by atoms with van der Waals surface area (Å²) in [5, 5.41) is 3.90. The van der Waals surface area contributed by atoms with Crippen molar-refractivity contribution in [1.82, 2.24) is 0 Å². The van der Waals surface area contributed by atoms with E-state index in [1.165, 1.54) is 12.8 Å². The third kappa shape index (κ3) is 4.72. The second kappa shape index (κ2) is 7.67. The van der Waals surface area contributed by atoms with Crippen LogP contribution in [-0.2, 0) is 9.57 Å². The normalized spacial score (nSPS) is 19.2. The highest BCUT2D eigenvalue weighted by atomic mass is 16.6. The predicted molar refractivity (Wildman–Crippen MR) is 72.7 cm³/mol. The minimum Gasteiger partial charge on any atom is -0.393 e. The molecule has 3 nitrogen and oxygen atoms in total. The van der Waals surface area contributed by atoms with Crippen molar-refractivity contribution in [2.24, 2.45) is 5.16 Å². The van der Waals surface area contributed by atoms with Crippen LogP contribution in [0.4, 0.5) is 0 Å². The lowest BCUT2D eigenvalue weighted by Crippen LogP contribution is -2.15. The largest absolute Gasteiger partial charge is 0.393 e. The van der Waals surface area contributed by atoms with E-state index < -0.39 is 0 Å². The molecule has 3 heteroatoms. The lowest BCUT2D eigenvalue weighted by atomic mass is 10.1. The van der Waals surface area contributed by atoms with Crippen LogP contribution in [0.15, 0.2) is 47.6 Å². The molecule has 0 fully saturated rings. The molecule has 0 spiro atoms. The highest BCUT2D eigenvalue weighted by Gasteiger charge is 2.07. The topological polar surface area (TPSA) is 30.8 Å². The number of rotatable bonds is 6. The molecule has 0 bridgehead atoms. The van der Waals surface area contributed by atoms with Crippen LogP contribution in [0.1, 0.15) is 24.8 Å². The lowest BCUT2D eigenvalue weighted by molar-refractivity contribution is 0.0206. The number of allylic oxidation sites excluding steroid dienone is 1. The first kappa shape index (κ1) is 12.8. The van der Waals surface area contributed by atoms with Crippen molar-refractivity contribution in [2.45, 2.75) is 25.4 Å². The van der Waals surface area contributed by atoms with Crippen LogP contribution in [0, 0.1) is 0 Å². The van der Waals surface area contributed by atoms with Gasteiger partial charge in [0.15, 0.2) is 0 Å². The van der Waals surface area contributed by atoms with Gasteiger partial charge in [0.25, 0.3) is 0 Å². The first-order chi connectivity index (χ1) is 8.95. The number of benzene rings is 1. The number of nitrogens with zero attached hydrogens (tertiary/aromatic N) is 1. The Kier molecular flexibility index (Phi) is 5.47. The van der Waals surface area contributed by atoms with Gasteiger partial charge in [-0.25, -0.2) is 0 Å². The van der Waals surface area contributed by atoms with Crippen LogP contribution < -0.4 is 0 Å². The van der Waals surface area contributed by atoms with Crippen LogP contribution >= 0.6 is 0 Å². The second-order valence-corrected chi connectivity index (χ2v) is 4.25. The highest BCUT2D eigenvalue weighted by Crippen LogP contribution is 2.12. The Balaban J connectivity index is 1.57. The maximum atomic E-state index is 5.65. The minimum absolute atomic E-state index is 0.264. The van der Waals surface area contributed by atoms with Crippen LogP contribution in [0.2, 0.25) is 0 Å². The smallest absolute Gasteiger partial charge is 0.140 e. The molecule has 0 radical (unpaired) electrons. The molecular weight excluding hydrogens is 226 g/mol. The van der Waals surface area contributed by atoms with Gasteiger partial charge in [-0.1, -0.05) is 47.6 Å². The number of hydrogen-bond donors (Lipinski definition) is 0. The Hall–Kier alpha value is -1.61. The fourth-order valence-corrected chi connectivity index (χ4v) is 1.85. The number of oxime groups is 1. The zero-order chi connectivity index (χ0) is 12.5. The molecule has 0 N–H and O–H groups in total. The van der Waals surface area contributed by atoms with E-state index in [1.807, 2.05) is 30.3 Å². The monoisotopic (exact) mass is 245 g/mol. The average molecular weight is 245 g/mol. The van der Waals surface area contributed by atoms with Crippen molar-refractivity contribution in [3.63, 3.8) is 0 Å². The van der Waals surface area contributed by atoms with E-state index in [1.54, 1.807) is 6.21 Å². The van der Waals surface area contributed by atoms with E-state index in [0.29, 0.717) is 13.2 Å². The molecule has 1 aliphatic carbocycles. The molecule has 0 aliphatic heterocycles. The van der Waals surface area contributed by atoms with Crippen molar-refractivity contribution in [3.05, 3.63) is 48.0 Å². The maximum Gasteiger partial charge on any atom is 0.140 e. The van der Waals surface area contributed by atoms with Gasteiger partial charge < -0.3 is 9.57 Å². The molecule has 96 valence electrons. The molecule has 0 saturated heterocycles. The lowest BCUT2D eigenvalue weighted by Gasteiger charge is -2.16. The Bertz CT molecular complexity index is 387. The Morgan fingerprint density at radius 3 is 2.89 bits per heavy atom.